The zero-order valence-corrected chi connectivity index (χ0v) is 12.9. The van der Waals surface area contributed by atoms with Crippen LogP contribution in [-0.2, 0) is 11.2 Å². The van der Waals surface area contributed by atoms with Crippen molar-refractivity contribution in [3.05, 3.63) is 59.4 Å². The Labute approximate surface area is 130 Å². The SMILES string of the molecule is CCOc1ccccc1CCC(=O)Nc1ccc(F)cc1C. The Morgan fingerprint density at radius 1 is 1.23 bits per heavy atom. The van der Waals surface area contributed by atoms with Gasteiger partial charge in [-0.2, -0.15) is 0 Å². The molecule has 1 amide bonds. The lowest BCUT2D eigenvalue weighted by molar-refractivity contribution is -0.116. The highest BCUT2D eigenvalue weighted by Gasteiger charge is 2.08. The monoisotopic (exact) mass is 301 g/mol. The van der Waals surface area contributed by atoms with Gasteiger partial charge in [-0.3, -0.25) is 4.79 Å². The predicted molar refractivity (Wildman–Crippen MR) is 85.7 cm³/mol. The summed E-state index contributed by atoms with van der Waals surface area (Å²) in [6.07, 6.45) is 0.948. The van der Waals surface area contributed by atoms with E-state index in [1.165, 1.54) is 12.1 Å². The summed E-state index contributed by atoms with van der Waals surface area (Å²) < 4.78 is 18.6. The van der Waals surface area contributed by atoms with Crippen LogP contribution in [0.3, 0.4) is 0 Å². The van der Waals surface area contributed by atoms with Gasteiger partial charge in [-0.25, -0.2) is 4.39 Å². The molecule has 0 aromatic heterocycles. The highest BCUT2D eigenvalue weighted by atomic mass is 19.1. The van der Waals surface area contributed by atoms with E-state index in [0.29, 0.717) is 30.7 Å². The number of anilines is 1. The van der Waals surface area contributed by atoms with E-state index in [-0.39, 0.29) is 11.7 Å². The summed E-state index contributed by atoms with van der Waals surface area (Å²) in [5, 5.41) is 2.81. The average molecular weight is 301 g/mol. The highest BCUT2D eigenvalue weighted by molar-refractivity contribution is 5.91. The molecule has 0 heterocycles. The Hall–Kier alpha value is -2.36. The maximum atomic E-state index is 13.0. The van der Waals surface area contributed by atoms with Crippen LogP contribution in [0.4, 0.5) is 10.1 Å². The summed E-state index contributed by atoms with van der Waals surface area (Å²) in [6, 6.07) is 12.0. The number of aryl methyl sites for hydroxylation is 2. The Kier molecular flexibility index (Phi) is 5.53. The van der Waals surface area contributed by atoms with Crippen LogP contribution in [0, 0.1) is 12.7 Å². The van der Waals surface area contributed by atoms with Gasteiger partial charge in [-0.05, 0) is 55.7 Å². The number of hydrogen-bond acceptors (Lipinski definition) is 2. The van der Waals surface area contributed by atoms with E-state index in [1.807, 2.05) is 31.2 Å². The molecule has 0 radical (unpaired) electrons. The number of nitrogens with one attached hydrogen (secondary N) is 1. The molecular weight excluding hydrogens is 281 g/mol. The number of rotatable bonds is 6. The van der Waals surface area contributed by atoms with E-state index in [0.717, 1.165) is 11.3 Å². The fourth-order valence-electron chi connectivity index (χ4n) is 2.23. The minimum Gasteiger partial charge on any atom is -0.494 e. The number of halogens is 1. The van der Waals surface area contributed by atoms with Crippen LogP contribution in [-0.4, -0.2) is 12.5 Å². The van der Waals surface area contributed by atoms with Gasteiger partial charge in [0.25, 0.3) is 0 Å². The van der Waals surface area contributed by atoms with Crippen LogP contribution in [0.2, 0.25) is 0 Å². The number of benzene rings is 2. The van der Waals surface area contributed by atoms with Crippen LogP contribution in [0.15, 0.2) is 42.5 Å². The van der Waals surface area contributed by atoms with E-state index in [9.17, 15) is 9.18 Å². The lowest BCUT2D eigenvalue weighted by Gasteiger charge is -2.11. The summed E-state index contributed by atoms with van der Waals surface area (Å²) in [7, 11) is 0. The van der Waals surface area contributed by atoms with Crippen molar-refractivity contribution < 1.29 is 13.9 Å². The molecule has 22 heavy (non-hydrogen) atoms. The smallest absolute Gasteiger partial charge is 0.224 e. The Balaban J connectivity index is 1.95. The third-order valence-corrected chi connectivity index (χ3v) is 3.36. The van der Waals surface area contributed by atoms with Crippen LogP contribution in [0.5, 0.6) is 5.75 Å². The van der Waals surface area contributed by atoms with Crippen molar-refractivity contribution in [2.24, 2.45) is 0 Å². The molecule has 2 aromatic rings. The molecule has 0 fully saturated rings. The molecule has 4 heteroatoms. The molecule has 0 saturated carbocycles. The molecule has 2 rings (SSSR count). The third-order valence-electron chi connectivity index (χ3n) is 3.36. The molecule has 116 valence electrons. The summed E-state index contributed by atoms with van der Waals surface area (Å²) >= 11 is 0. The average Bonchev–Trinajstić information content (AvgIpc) is 2.49. The predicted octanol–water partition coefficient (Wildman–Crippen LogP) is 4.10. The van der Waals surface area contributed by atoms with Crippen molar-refractivity contribution in [3.63, 3.8) is 0 Å². The van der Waals surface area contributed by atoms with Crippen molar-refractivity contribution in [2.45, 2.75) is 26.7 Å². The lowest BCUT2D eigenvalue weighted by atomic mass is 10.1. The molecule has 0 aliphatic rings. The number of amides is 1. The molecule has 0 atom stereocenters. The summed E-state index contributed by atoms with van der Waals surface area (Å²) in [4.78, 5) is 12.0. The highest BCUT2D eigenvalue weighted by Crippen LogP contribution is 2.20. The Bertz CT molecular complexity index is 655. The zero-order chi connectivity index (χ0) is 15.9. The zero-order valence-electron chi connectivity index (χ0n) is 12.9. The fourth-order valence-corrected chi connectivity index (χ4v) is 2.23. The van der Waals surface area contributed by atoms with E-state index in [4.69, 9.17) is 4.74 Å². The first-order chi connectivity index (χ1) is 10.6. The maximum Gasteiger partial charge on any atom is 0.224 e. The van der Waals surface area contributed by atoms with Crippen molar-refractivity contribution in [1.29, 1.82) is 0 Å². The fraction of sp³-hybridized carbons (Fsp3) is 0.278. The normalized spacial score (nSPS) is 10.3. The Morgan fingerprint density at radius 2 is 2.00 bits per heavy atom. The molecule has 2 aromatic carbocycles. The molecule has 0 unspecified atom stereocenters. The van der Waals surface area contributed by atoms with E-state index in [1.54, 1.807) is 13.0 Å². The lowest BCUT2D eigenvalue weighted by Crippen LogP contribution is -2.13. The molecule has 0 aliphatic carbocycles. The van der Waals surface area contributed by atoms with Crippen LogP contribution < -0.4 is 10.1 Å². The molecule has 0 bridgehead atoms. The van der Waals surface area contributed by atoms with Gasteiger partial charge in [0.05, 0.1) is 6.61 Å². The number of carbonyl (C=O) groups excluding carboxylic acids is 1. The molecule has 0 saturated heterocycles. The van der Waals surface area contributed by atoms with E-state index >= 15 is 0 Å². The maximum absolute atomic E-state index is 13.0. The molecule has 3 nitrogen and oxygen atoms in total. The standard InChI is InChI=1S/C18H20FNO2/c1-3-22-17-7-5-4-6-14(17)8-11-18(21)20-16-10-9-15(19)12-13(16)2/h4-7,9-10,12H,3,8,11H2,1-2H3,(H,20,21). The second kappa shape index (κ2) is 7.59. The third kappa shape index (κ3) is 4.32. The second-order valence-electron chi connectivity index (χ2n) is 5.05. The summed E-state index contributed by atoms with van der Waals surface area (Å²) in [6.45, 7) is 4.29. The topological polar surface area (TPSA) is 38.3 Å². The molecular formula is C18H20FNO2. The summed E-state index contributed by atoms with van der Waals surface area (Å²) in [5.74, 6) is 0.415. The quantitative estimate of drug-likeness (QED) is 0.872. The minimum atomic E-state index is -0.304. The Morgan fingerprint density at radius 3 is 2.73 bits per heavy atom. The number of carbonyl (C=O) groups is 1. The van der Waals surface area contributed by atoms with Crippen LogP contribution in [0.1, 0.15) is 24.5 Å². The first-order valence-electron chi connectivity index (χ1n) is 7.37. The molecule has 1 N–H and O–H groups in total. The van der Waals surface area contributed by atoms with Crippen molar-refractivity contribution >= 4 is 11.6 Å². The molecule has 0 aliphatic heterocycles. The number of ether oxygens (including phenoxy) is 1. The van der Waals surface area contributed by atoms with Gasteiger partial charge < -0.3 is 10.1 Å². The minimum absolute atomic E-state index is 0.0963. The first kappa shape index (κ1) is 16.0. The molecule has 0 spiro atoms. The number of para-hydroxylation sites is 1. The van der Waals surface area contributed by atoms with Gasteiger partial charge in [0.15, 0.2) is 0 Å². The van der Waals surface area contributed by atoms with Gasteiger partial charge in [0, 0.05) is 12.1 Å². The van der Waals surface area contributed by atoms with E-state index < -0.39 is 0 Å². The van der Waals surface area contributed by atoms with Crippen LogP contribution >= 0.6 is 0 Å². The van der Waals surface area contributed by atoms with E-state index in [2.05, 4.69) is 5.32 Å². The van der Waals surface area contributed by atoms with Gasteiger partial charge in [-0.1, -0.05) is 18.2 Å². The van der Waals surface area contributed by atoms with Crippen molar-refractivity contribution in [2.75, 3.05) is 11.9 Å². The van der Waals surface area contributed by atoms with Gasteiger partial charge >= 0.3 is 0 Å². The number of hydrogen-bond donors (Lipinski definition) is 1. The van der Waals surface area contributed by atoms with Gasteiger partial charge in [0.1, 0.15) is 11.6 Å². The van der Waals surface area contributed by atoms with Gasteiger partial charge in [0.2, 0.25) is 5.91 Å². The van der Waals surface area contributed by atoms with Crippen LogP contribution in [0.25, 0.3) is 0 Å². The second-order valence-corrected chi connectivity index (χ2v) is 5.05. The largest absolute Gasteiger partial charge is 0.494 e. The van der Waals surface area contributed by atoms with Crippen molar-refractivity contribution in [1.82, 2.24) is 0 Å². The summed E-state index contributed by atoms with van der Waals surface area (Å²) in [5.41, 5.74) is 2.36. The van der Waals surface area contributed by atoms with Crippen molar-refractivity contribution in [3.8, 4) is 5.75 Å². The first-order valence-corrected chi connectivity index (χ1v) is 7.37. The van der Waals surface area contributed by atoms with Gasteiger partial charge in [-0.15, -0.1) is 0 Å².